The number of nitrogens with one attached hydrogen (secondary N) is 1. The van der Waals surface area contributed by atoms with Crippen molar-refractivity contribution in [2.45, 2.75) is 19.4 Å². The largest absolute Gasteiger partial charge is 0.474 e. The predicted molar refractivity (Wildman–Crippen MR) is 40.4 cm³/mol. The van der Waals surface area contributed by atoms with E-state index in [4.69, 9.17) is 4.74 Å². The van der Waals surface area contributed by atoms with Crippen LogP contribution < -0.4 is 4.74 Å². The average Bonchev–Trinajstić information content (AvgIpc) is 2.32. The number of aliphatic hydroxyl groups is 1. The molecule has 0 bridgehead atoms. The van der Waals surface area contributed by atoms with E-state index in [0.717, 1.165) is 0 Å². The van der Waals surface area contributed by atoms with E-state index in [1.807, 2.05) is 0 Å². The highest BCUT2D eigenvalue weighted by molar-refractivity contribution is 5.04. The minimum Gasteiger partial charge on any atom is -0.474 e. The number of ether oxygens (including phenoxy) is 1. The van der Waals surface area contributed by atoms with Crippen LogP contribution in [0.15, 0.2) is 12.3 Å². The van der Waals surface area contributed by atoms with E-state index < -0.39 is 5.60 Å². The van der Waals surface area contributed by atoms with Gasteiger partial charge in [-0.3, -0.25) is 5.10 Å². The number of hydrogen-bond acceptors (Lipinski definition) is 3. The molecule has 0 fully saturated rings. The number of aromatic nitrogens is 2. The first kappa shape index (κ1) is 8.07. The Morgan fingerprint density at radius 1 is 1.73 bits per heavy atom. The van der Waals surface area contributed by atoms with Gasteiger partial charge < -0.3 is 9.84 Å². The molecular weight excluding hydrogens is 144 g/mol. The van der Waals surface area contributed by atoms with Gasteiger partial charge in [0.2, 0.25) is 5.88 Å². The lowest BCUT2D eigenvalue weighted by Gasteiger charge is -2.15. The molecule has 1 heterocycles. The smallest absolute Gasteiger partial charge is 0.232 e. The van der Waals surface area contributed by atoms with Gasteiger partial charge in [0, 0.05) is 12.3 Å². The zero-order valence-electron chi connectivity index (χ0n) is 6.66. The van der Waals surface area contributed by atoms with Gasteiger partial charge in [0.25, 0.3) is 0 Å². The topological polar surface area (TPSA) is 58.1 Å². The van der Waals surface area contributed by atoms with Crippen molar-refractivity contribution in [1.82, 2.24) is 10.2 Å². The van der Waals surface area contributed by atoms with Gasteiger partial charge in [-0.25, -0.2) is 0 Å². The van der Waals surface area contributed by atoms with Crippen LogP contribution in [0.25, 0.3) is 0 Å². The van der Waals surface area contributed by atoms with Crippen molar-refractivity contribution in [2.75, 3.05) is 6.61 Å². The van der Waals surface area contributed by atoms with Crippen LogP contribution in [0.1, 0.15) is 13.8 Å². The summed E-state index contributed by atoms with van der Waals surface area (Å²) in [5.41, 5.74) is -0.807. The molecule has 0 spiro atoms. The lowest BCUT2D eigenvalue weighted by Crippen LogP contribution is -2.27. The van der Waals surface area contributed by atoms with Gasteiger partial charge in [0.1, 0.15) is 6.61 Å². The second kappa shape index (κ2) is 2.92. The van der Waals surface area contributed by atoms with Gasteiger partial charge in [-0.15, -0.1) is 5.10 Å². The van der Waals surface area contributed by atoms with Crippen molar-refractivity contribution in [1.29, 1.82) is 0 Å². The summed E-state index contributed by atoms with van der Waals surface area (Å²) in [6.07, 6.45) is 1.67. The molecule has 0 radical (unpaired) electrons. The number of H-pyrrole nitrogens is 1. The highest BCUT2D eigenvalue weighted by Crippen LogP contribution is 2.07. The molecule has 0 aliphatic rings. The molecule has 4 nitrogen and oxygen atoms in total. The number of hydrogen-bond donors (Lipinski definition) is 2. The van der Waals surface area contributed by atoms with Gasteiger partial charge in [0.15, 0.2) is 0 Å². The van der Waals surface area contributed by atoms with Crippen LogP contribution in [-0.2, 0) is 0 Å². The zero-order valence-corrected chi connectivity index (χ0v) is 6.66. The van der Waals surface area contributed by atoms with Gasteiger partial charge in [-0.1, -0.05) is 0 Å². The minimum atomic E-state index is -0.807. The number of aromatic amines is 1. The van der Waals surface area contributed by atoms with Crippen LogP contribution in [0, 0.1) is 0 Å². The molecule has 1 aromatic heterocycles. The summed E-state index contributed by atoms with van der Waals surface area (Å²) in [7, 11) is 0. The van der Waals surface area contributed by atoms with E-state index in [2.05, 4.69) is 10.2 Å². The van der Waals surface area contributed by atoms with Crippen molar-refractivity contribution in [3.63, 3.8) is 0 Å². The van der Waals surface area contributed by atoms with Crippen molar-refractivity contribution in [3.05, 3.63) is 12.3 Å². The second-order valence-corrected chi connectivity index (χ2v) is 3.01. The molecule has 0 aliphatic heterocycles. The van der Waals surface area contributed by atoms with Gasteiger partial charge >= 0.3 is 0 Å². The quantitative estimate of drug-likeness (QED) is 0.672. The summed E-state index contributed by atoms with van der Waals surface area (Å²) in [6, 6.07) is 1.70. The first-order chi connectivity index (χ1) is 5.08. The monoisotopic (exact) mass is 156 g/mol. The maximum absolute atomic E-state index is 9.25. The summed E-state index contributed by atoms with van der Waals surface area (Å²) in [4.78, 5) is 0. The van der Waals surface area contributed by atoms with E-state index in [-0.39, 0.29) is 6.61 Å². The van der Waals surface area contributed by atoms with Gasteiger partial charge in [-0.05, 0) is 13.8 Å². The summed E-state index contributed by atoms with van der Waals surface area (Å²) in [5, 5.41) is 15.6. The highest BCUT2D eigenvalue weighted by Gasteiger charge is 2.13. The molecule has 2 N–H and O–H groups in total. The van der Waals surface area contributed by atoms with Crippen LogP contribution in [0.2, 0.25) is 0 Å². The Bertz CT molecular complexity index is 201. The molecule has 1 rings (SSSR count). The van der Waals surface area contributed by atoms with Crippen molar-refractivity contribution < 1.29 is 9.84 Å². The van der Waals surface area contributed by atoms with E-state index in [1.54, 1.807) is 26.1 Å². The first-order valence-corrected chi connectivity index (χ1v) is 3.43. The van der Waals surface area contributed by atoms with Gasteiger partial charge in [-0.2, -0.15) is 0 Å². The summed E-state index contributed by atoms with van der Waals surface area (Å²) in [6.45, 7) is 3.61. The Labute approximate surface area is 65.2 Å². The highest BCUT2D eigenvalue weighted by atomic mass is 16.5. The fourth-order valence-corrected chi connectivity index (χ4v) is 0.578. The summed E-state index contributed by atoms with van der Waals surface area (Å²) < 4.78 is 5.12. The Kier molecular flexibility index (Phi) is 2.14. The first-order valence-electron chi connectivity index (χ1n) is 3.43. The van der Waals surface area contributed by atoms with Crippen LogP contribution in [0.5, 0.6) is 5.88 Å². The van der Waals surface area contributed by atoms with E-state index in [9.17, 15) is 5.11 Å². The van der Waals surface area contributed by atoms with Crippen LogP contribution >= 0.6 is 0 Å². The molecule has 0 saturated heterocycles. The third-order valence-corrected chi connectivity index (χ3v) is 1.05. The third-order valence-electron chi connectivity index (χ3n) is 1.05. The average molecular weight is 156 g/mol. The number of rotatable bonds is 3. The minimum absolute atomic E-state index is 0.248. The second-order valence-electron chi connectivity index (χ2n) is 3.01. The number of nitrogens with zero attached hydrogens (tertiary/aromatic N) is 1. The molecule has 0 unspecified atom stereocenters. The molecule has 0 aliphatic carbocycles. The normalized spacial score (nSPS) is 11.5. The molecule has 1 aromatic rings. The maximum atomic E-state index is 9.25. The zero-order chi connectivity index (χ0) is 8.32. The lowest BCUT2D eigenvalue weighted by molar-refractivity contribution is 0.0268. The maximum Gasteiger partial charge on any atom is 0.232 e. The Balaban J connectivity index is 2.35. The standard InChI is InChI=1S/C7H12N2O2/c1-7(2,10)5-11-6-3-4-8-9-6/h3-4,10H,5H2,1-2H3,(H,8,9). The van der Waals surface area contributed by atoms with E-state index >= 15 is 0 Å². The molecule has 4 heteroatoms. The molecule has 0 aromatic carbocycles. The Morgan fingerprint density at radius 3 is 2.91 bits per heavy atom. The molecule has 11 heavy (non-hydrogen) atoms. The summed E-state index contributed by atoms with van der Waals surface area (Å²) in [5.74, 6) is 0.507. The van der Waals surface area contributed by atoms with E-state index in [1.165, 1.54) is 0 Å². The SMILES string of the molecule is CC(C)(O)COc1cc[nH]n1. The molecule has 0 amide bonds. The lowest BCUT2D eigenvalue weighted by atomic mass is 10.2. The van der Waals surface area contributed by atoms with E-state index in [0.29, 0.717) is 5.88 Å². The summed E-state index contributed by atoms with van der Waals surface area (Å²) >= 11 is 0. The van der Waals surface area contributed by atoms with Crippen molar-refractivity contribution >= 4 is 0 Å². The predicted octanol–water partition coefficient (Wildman–Crippen LogP) is 0.559. The van der Waals surface area contributed by atoms with Crippen LogP contribution in [-0.4, -0.2) is 27.5 Å². The fraction of sp³-hybridized carbons (Fsp3) is 0.571. The molecule has 0 atom stereocenters. The Hall–Kier alpha value is -1.03. The molecule has 0 saturated carbocycles. The molecule has 62 valence electrons. The third kappa shape index (κ3) is 3.04. The van der Waals surface area contributed by atoms with Crippen molar-refractivity contribution in [2.24, 2.45) is 0 Å². The van der Waals surface area contributed by atoms with Crippen LogP contribution in [0.4, 0.5) is 0 Å². The molecular formula is C7H12N2O2. The fourth-order valence-electron chi connectivity index (χ4n) is 0.578. The van der Waals surface area contributed by atoms with Crippen molar-refractivity contribution in [3.8, 4) is 5.88 Å². The van der Waals surface area contributed by atoms with Crippen LogP contribution in [0.3, 0.4) is 0 Å². The Morgan fingerprint density at radius 2 is 2.45 bits per heavy atom. The van der Waals surface area contributed by atoms with Gasteiger partial charge in [0.05, 0.1) is 5.60 Å².